The van der Waals surface area contributed by atoms with Crippen molar-refractivity contribution in [1.82, 2.24) is 50.8 Å². The number of pyridine rings is 2. The summed E-state index contributed by atoms with van der Waals surface area (Å²) in [6.45, 7) is 25.8. The van der Waals surface area contributed by atoms with Crippen molar-refractivity contribution in [3.8, 4) is 45.6 Å². The predicted molar refractivity (Wildman–Crippen MR) is 334 cm³/mol. The number of nitrogens with zero attached hydrogens (tertiary/aromatic N) is 8. The minimum Gasteiger partial charge on any atom is -0.573 e. The van der Waals surface area contributed by atoms with Crippen LogP contribution in [0.1, 0.15) is 106 Å². The number of nitrogens with one attached hydrogen (secondary N) is 2. The van der Waals surface area contributed by atoms with Crippen LogP contribution in [0, 0.1) is 0 Å². The van der Waals surface area contributed by atoms with Crippen molar-refractivity contribution in [2.24, 2.45) is 0 Å². The summed E-state index contributed by atoms with van der Waals surface area (Å²) in [6.07, 6.45) is 0. The first kappa shape index (κ1) is 57.5. The number of rotatable bonds is 4. The molecule has 14 aromatic rings. The molecule has 0 bridgehead atoms. The fraction of sp³-hybridized carbons (Fsp3) is 0.229. The van der Waals surface area contributed by atoms with Crippen LogP contribution in [0.25, 0.3) is 111 Å². The number of para-hydroxylation sites is 4. The first-order chi connectivity index (χ1) is 39.2. The summed E-state index contributed by atoms with van der Waals surface area (Å²) in [7, 11) is 0. The van der Waals surface area contributed by atoms with E-state index in [4.69, 9.17) is 18.8 Å². The summed E-state index contributed by atoms with van der Waals surface area (Å²) in [5.41, 5.74) is 14.5. The average molecular weight is 1280 g/mol. The van der Waals surface area contributed by atoms with Crippen LogP contribution in [0.5, 0.6) is 0 Å². The Kier molecular flexibility index (Phi) is 15.9. The van der Waals surface area contributed by atoms with Crippen LogP contribution < -0.4 is 10.2 Å². The Hall–Kier alpha value is -8.73. The fourth-order valence-electron chi connectivity index (χ4n) is 9.63. The molecule has 12 nitrogen and oxygen atoms in total. The van der Waals surface area contributed by atoms with E-state index in [0.29, 0.717) is 0 Å². The van der Waals surface area contributed by atoms with Gasteiger partial charge in [0.05, 0.1) is 22.8 Å². The van der Waals surface area contributed by atoms with Crippen molar-refractivity contribution in [2.75, 3.05) is 0 Å². The molecule has 420 valence electrons. The van der Waals surface area contributed by atoms with Crippen molar-refractivity contribution >= 4 is 65.4 Å². The minimum atomic E-state index is -0.0581. The van der Waals surface area contributed by atoms with Crippen LogP contribution in [-0.4, -0.2) is 40.6 Å². The van der Waals surface area contributed by atoms with Gasteiger partial charge in [-0.1, -0.05) is 228 Å². The van der Waals surface area contributed by atoms with E-state index in [2.05, 4.69) is 197 Å². The van der Waals surface area contributed by atoms with E-state index in [9.17, 15) is 0 Å². The number of furan rings is 2. The van der Waals surface area contributed by atoms with Crippen molar-refractivity contribution < 1.29 is 29.9 Å². The molecule has 0 saturated heterocycles. The van der Waals surface area contributed by atoms with Gasteiger partial charge < -0.3 is 29.2 Å². The van der Waals surface area contributed by atoms with Gasteiger partial charge >= 0.3 is 21.1 Å². The Labute approximate surface area is 498 Å². The summed E-state index contributed by atoms with van der Waals surface area (Å²) in [6, 6.07) is 61.3. The van der Waals surface area contributed by atoms with E-state index < -0.39 is 0 Å². The molecule has 0 fully saturated rings. The number of H-pyrrole nitrogens is 2. The second kappa shape index (κ2) is 22.9. The largest absolute Gasteiger partial charge is 2.00 e. The maximum absolute atomic E-state index is 5.65. The van der Waals surface area contributed by atoms with Crippen LogP contribution in [0.4, 0.5) is 0 Å². The number of aromatic amines is 2. The standard InChI is InChI=1S/C23H27N5.C23H25N5.2C12H8O.Pt/c2*1-22(2,3)19-12-17(25-27-19)16-11-14-9-7-8-10-15(14)21(24-16)18-13-20(28-26-18)23(4,5)6;2*1-3-7-11-9(5-1)10-6-2-4-8-12(10)13-11;/h7-13H,1-6H3,(H,25,27)(H,26,28);7-13H,1-6H3;2*1-8H;/q;-2;;;+2. The molecule has 6 aromatic carbocycles. The maximum atomic E-state index is 5.65. The van der Waals surface area contributed by atoms with E-state index in [0.717, 1.165) is 112 Å². The van der Waals surface area contributed by atoms with Gasteiger partial charge in [-0.05, 0) is 59.3 Å². The smallest absolute Gasteiger partial charge is 0.573 e. The van der Waals surface area contributed by atoms with Crippen LogP contribution in [-0.2, 0) is 42.7 Å². The molecule has 8 aromatic heterocycles. The second-order valence-corrected chi connectivity index (χ2v) is 24.9. The van der Waals surface area contributed by atoms with Crippen LogP contribution in [0.3, 0.4) is 0 Å². The van der Waals surface area contributed by atoms with Gasteiger partial charge in [-0.2, -0.15) is 10.2 Å². The van der Waals surface area contributed by atoms with Gasteiger partial charge in [-0.25, -0.2) is 4.98 Å². The van der Waals surface area contributed by atoms with E-state index in [1.165, 1.54) is 21.5 Å². The molecular weight excluding hydrogens is 1210 g/mol. The number of fused-ring (bicyclic) bond motifs is 8. The normalized spacial score (nSPS) is 12.0. The van der Waals surface area contributed by atoms with Crippen LogP contribution >= 0.6 is 0 Å². The van der Waals surface area contributed by atoms with Gasteiger partial charge in [0.2, 0.25) is 0 Å². The Bertz CT molecular complexity index is 4150. The molecule has 0 aliphatic carbocycles. The molecule has 83 heavy (non-hydrogen) atoms. The Morgan fingerprint density at radius 3 is 1.11 bits per heavy atom. The van der Waals surface area contributed by atoms with Gasteiger partial charge in [-0.3, -0.25) is 15.2 Å². The monoisotopic (exact) mass is 1280 g/mol. The van der Waals surface area contributed by atoms with Gasteiger partial charge in [0.1, 0.15) is 33.7 Å². The quantitative estimate of drug-likeness (QED) is 0.173. The van der Waals surface area contributed by atoms with E-state index in [1.54, 1.807) is 0 Å². The Morgan fingerprint density at radius 1 is 0.337 bits per heavy atom. The summed E-state index contributed by atoms with van der Waals surface area (Å²) >= 11 is 0. The van der Waals surface area contributed by atoms with Crippen LogP contribution in [0.2, 0.25) is 0 Å². The van der Waals surface area contributed by atoms with Crippen molar-refractivity contribution in [3.05, 3.63) is 205 Å². The van der Waals surface area contributed by atoms with E-state index >= 15 is 0 Å². The first-order valence-electron chi connectivity index (χ1n) is 27.8. The van der Waals surface area contributed by atoms with Gasteiger partial charge in [0.25, 0.3) is 0 Å². The Balaban J connectivity index is 0.000000130. The molecule has 0 unspecified atom stereocenters. The molecule has 2 N–H and O–H groups in total. The van der Waals surface area contributed by atoms with Crippen molar-refractivity contribution in [3.63, 3.8) is 0 Å². The number of aromatic nitrogens is 10. The predicted octanol–water partition coefficient (Wildman–Crippen LogP) is 17.6. The minimum absolute atomic E-state index is 0. The van der Waals surface area contributed by atoms with Gasteiger partial charge in [-0.15, -0.1) is 0 Å². The molecule has 0 aliphatic rings. The van der Waals surface area contributed by atoms with E-state index in [1.807, 2.05) is 109 Å². The SMILES string of the molecule is CC(C)(C)c1cc(-c2cc3ccccc3c(-c3cc(C(C)(C)C)[nH]n3)n2)n[nH]1.CC(C)(C)c1cc(-c2cc3ccccc3c(-c3cc(C(C)(C)C)n[n-]3)n2)[n-]n1.[Pt+2].c1ccc2c(c1)oc1ccccc12.c1ccc2c(c1)oc1ccccc12. The molecule has 13 heteroatoms. The van der Waals surface area contributed by atoms with E-state index in [-0.39, 0.29) is 42.7 Å². The molecule has 0 aliphatic heterocycles. The topological polar surface area (TPSA) is 163 Å². The third-order valence-corrected chi connectivity index (χ3v) is 14.4. The molecule has 14 rings (SSSR count). The van der Waals surface area contributed by atoms with Gasteiger partial charge in [0, 0.05) is 76.8 Å². The summed E-state index contributed by atoms with van der Waals surface area (Å²) in [4.78, 5) is 9.89. The number of hydrogen-bond donors (Lipinski definition) is 2. The molecular formula is C70H68N10O2Pt. The van der Waals surface area contributed by atoms with Gasteiger partial charge in [0.15, 0.2) is 0 Å². The molecule has 0 amide bonds. The fourth-order valence-corrected chi connectivity index (χ4v) is 9.63. The zero-order chi connectivity index (χ0) is 57.6. The molecule has 0 atom stereocenters. The summed E-state index contributed by atoms with van der Waals surface area (Å²) in [5.74, 6) is 0. The first-order valence-corrected chi connectivity index (χ1v) is 27.8. The van der Waals surface area contributed by atoms with Crippen LogP contribution in [0.15, 0.2) is 191 Å². The summed E-state index contributed by atoms with van der Waals surface area (Å²) in [5, 5.41) is 42.2. The van der Waals surface area contributed by atoms with Crippen molar-refractivity contribution in [1.29, 1.82) is 0 Å². The average Bonchev–Trinajstić information content (AvgIpc) is 4.46. The zero-order valence-corrected chi connectivity index (χ0v) is 51.3. The summed E-state index contributed by atoms with van der Waals surface area (Å²) < 4.78 is 11.3. The Morgan fingerprint density at radius 2 is 0.687 bits per heavy atom. The molecule has 0 radical (unpaired) electrons. The van der Waals surface area contributed by atoms with Crippen molar-refractivity contribution in [2.45, 2.75) is 105 Å². The number of hydrogen-bond acceptors (Lipinski definition) is 8. The molecule has 0 saturated carbocycles. The molecule has 8 heterocycles. The third-order valence-electron chi connectivity index (χ3n) is 14.4. The maximum Gasteiger partial charge on any atom is 2.00 e. The zero-order valence-electron chi connectivity index (χ0n) is 49.0. The second-order valence-electron chi connectivity index (χ2n) is 24.9. The molecule has 0 spiro atoms. The number of benzene rings is 6. The third kappa shape index (κ3) is 12.4.